The molecule has 1 heterocycles. The highest BCUT2D eigenvalue weighted by Gasteiger charge is 2.14. The number of hydrogen-bond acceptors (Lipinski definition) is 5. The first-order valence-electron chi connectivity index (χ1n) is 10.7. The first-order chi connectivity index (χ1) is 14.7. The van der Waals surface area contributed by atoms with Crippen LogP contribution in [0.4, 0.5) is 6.01 Å². The molecule has 0 saturated carbocycles. The van der Waals surface area contributed by atoms with Crippen molar-refractivity contribution in [3.05, 3.63) is 54.1 Å². The Labute approximate surface area is 182 Å². The quantitative estimate of drug-likeness (QED) is 0.249. The molecule has 0 spiro atoms. The van der Waals surface area contributed by atoms with E-state index < -0.39 is 5.97 Å². The molecule has 3 rings (SSSR count). The number of carboxylic acids is 1. The number of anilines is 1. The first kappa shape index (κ1) is 22.2. The lowest BCUT2D eigenvalue weighted by atomic mass is 10.2. The largest absolute Gasteiger partial charge is 0.478 e. The van der Waals surface area contributed by atoms with Gasteiger partial charge in [0.15, 0.2) is 5.58 Å². The molecule has 5 nitrogen and oxygen atoms in total. The van der Waals surface area contributed by atoms with Gasteiger partial charge in [0.2, 0.25) is 0 Å². The van der Waals surface area contributed by atoms with Crippen LogP contribution in [0.5, 0.6) is 0 Å². The highest BCUT2D eigenvalue weighted by molar-refractivity contribution is 7.99. The lowest BCUT2D eigenvalue weighted by Gasteiger charge is -2.20. The van der Waals surface area contributed by atoms with E-state index >= 15 is 0 Å². The van der Waals surface area contributed by atoms with Crippen LogP contribution in [0.3, 0.4) is 0 Å². The van der Waals surface area contributed by atoms with Crippen LogP contribution >= 0.6 is 11.8 Å². The summed E-state index contributed by atoms with van der Waals surface area (Å²) in [6, 6.07) is 15.8. The van der Waals surface area contributed by atoms with Crippen molar-refractivity contribution in [1.29, 1.82) is 0 Å². The Balaban J connectivity index is 1.48. The van der Waals surface area contributed by atoms with E-state index in [1.807, 2.05) is 36.4 Å². The first-order valence-corrected chi connectivity index (χ1v) is 11.7. The van der Waals surface area contributed by atoms with Crippen LogP contribution in [-0.2, 0) is 0 Å². The van der Waals surface area contributed by atoms with Crippen molar-refractivity contribution >= 4 is 34.8 Å². The Kier molecular flexibility index (Phi) is 8.63. The molecule has 1 N–H and O–H groups in total. The van der Waals surface area contributed by atoms with Crippen molar-refractivity contribution in [2.24, 2.45) is 0 Å². The number of aromatic carboxylic acids is 1. The second-order valence-electron chi connectivity index (χ2n) is 7.37. The molecule has 0 fully saturated rings. The molecule has 1 aromatic heterocycles. The summed E-state index contributed by atoms with van der Waals surface area (Å²) in [5.74, 6) is 0.0578. The van der Waals surface area contributed by atoms with Crippen LogP contribution in [0.15, 0.2) is 57.8 Å². The maximum absolute atomic E-state index is 11.3. The van der Waals surface area contributed by atoms with E-state index in [0.717, 1.165) is 66.5 Å². The predicted octanol–water partition coefficient (Wildman–Crippen LogP) is 6.49. The molecule has 0 aliphatic heterocycles. The van der Waals surface area contributed by atoms with Crippen molar-refractivity contribution in [1.82, 2.24) is 4.98 Å². The van der Waals surface area contributed by atoms with E-state index in [2.05, 4.69) is 16.8 Å². The number of benzene rings is 2. The lowest BCUT2D eigenvalue weighted by molar-refractivity contribution is 0.0693. The van der Waals surface area contributed by atoms with Gasteiger partial charge in [-0.2, -0.15) is 4.98 Å². The van der Waals surface area contributed by atoms with Gasteiger partial charge in [0, 0.05) is 18.0 Å². The molecule has 3 aromatic rings. The molecule has 0 bridgehead atoms. The maximum atomic E-state index is 11.3. The number of para-hydroxylation sites is 2. The van der Waals surface area contributed by atoms with Gasteiger partial charge in [0.1, 0.15) is 5.52 Å². The second-order valence-corrected chi connectivity index (χ2v) is 8.51. The fourth-order valence-electron chi connectivity index (χ4n) is 3.38. The fraction of sp³-hybridized carbons (Fsp3) is 0.417. The summed E-state index contributed by atoms with van der Waals surface area (Å²) < 4.78 is 5.99. The number of oxazole rings is 1. The number of nitrogens with zero attached hydrogens (tertiary/aromatic N) is 2. The maximum Gasteiger partial charge on any atom is 0.336 e. The van der Waals surface area contributed by atoms with Crippen LogP contribution in [0.25, 0.3) is 11.1 Å². The number of aromatic nitrogens is 1. The van der Waals surface area contributed by atoms with E-state index in [9.17, 15) is 9.90 Å². The van der Waals surface area contributed by atoms with Gasteiger partial charge in [-0.25, -0.2) is 4.79 Å². The zero-order valence-electron chi connectivity index (χ0n) is 17.5. The van der Waals surface area contributed by atoms with Gasteiger partial charge in [0.05, 0.1) is 5.56 Å². The molecular formula is C24H30N2O3S. The van der Waals surface area contributed by atoms with E-state index in [-0.39, 0.29) is 0 Å². The lowest BCUT2D eigenvalue weighted by Crippen LogP contribution is -2.26. The Hall–Kier alpha value is -2.47. The highest BCUT2D eigenvalue weighted by Crippen LogP contribution is 2.25. The fourth-order valence-corrected chi connectivity index (χ4v) is 4.44. The minimum Gasteiger partial charge on any atom is -0.478 e. The van der Waals surface area contributed by atoms with Crippen LogP contribution in [0.1, 0.15) is 55.8 Å². The van der Waals surface area contributed by atoms with E-state index in [1.54, 1.807) is 23.9 Å². The highest BCUT2D eigenvalue weighted by atomic mass is 32.2. The molecule has 0 atom stereocenters. The summed E-state index contributed by atoms with van der Waals surface area (Å²) in [4.78, 5) is 19.1. The summed E-state index contributed by atoms with van der Waals surface area (Å²) >= 11 is 1.63. The molecule has 0 radical (unpaired) electrons. The number of thioether (sulfide) groups is 1. The molecule has 0 aliphatic carbocycles. The van der Waals surface area contributed by atoms with Crippen molar-refractivity contribution in [3.63, 3.8) is 0 Å². The predicted molar refractivity (Wildman–Crippen MR) is 124 cm³/mol. The monoisotopic (exact) mass is 426 g/mol. The third-order valence-electron chi connectivity index (χ3n) is 5.03. The van der Waals surface area contributed by atoms with Crippen molar-refractivity contribution in [3.8, 4) is 0 Å². The van der Waals surface area contributed by atoms with E-state index in [4.69, 9.17) is 4.42 Å². The zero-order valence-corrected chi connectivity index (χ0v) is 18.4. The SMILES string of the molecule is CCCCCN(CCCCCSc1ccccc1C(=O)O)c1nc2ccccc2o1. The molecule has 2 aromatic carbocycles. The Morgan fingerprint density at radius 2 is 1.73 bits per heavy atom. The summed E-state index contributed by atoms with van der Waals surface area (Å²) in [7, 11) is 0. The standard InChI is InChI=1S/C24H30N2O3S/c1-2-3-9-16-26(24-25-20-13-6-7-14-21(20)29-24)17-10-4-11-18-30-22-15-8-5-12-19(22)23(27)28/h5-8,12-15H,2-4,9-11,16-18H2,1H3,(H,27,28). The minimum atomic E-state index is -0.862. The number of rotatable bonds is 13. The van der Waals surface area contributed by atoms with Crippen LogP contribution in [-0.4, -0.2) is 34.9 Å². The number of unbranched alkanes of at least 4 members (excludes halogenated alkanes) is 4. The number of carboxylic acid groups (broad SMARTS) is 1. The topological polar surface area (TPSA) is 66.6 Å². The summed E-state index contributed by atoms with van der Waals surface area (Å²) in [6.07, 6.45) is 6.73. The minimum absolute atomic E-state index is 0.389. The Morgan fingerprint density at radius 1 is 1.00 bits per heavy atom. The Morgan fingerprint density at radius 3 is 2.50 bits per heavy atom. The molecular weight excluding hydrogens is 396 g/mol. The third kappa shape index (κ3) is 6.26. The number of hydrogen-bond donors (Lipinski definition) is 1. The summed E-state index contributed by atoms with van der Waals surface area (Å²) in [5, 5.41) is 9.28. The average Bonchev–Trinajstić information content (AvgIpc) is 3.19. The third-order valence-corrected chi connectivity index (χ3v) is 6.19. The van der Waals surface area contributed by atoms with Crippen LogP contribution < -0.4 is 4.90 Å². The average molecular weight is 427 g/mol. The van der Waals surface area contributed by atoms with Crippen LogP contribution in [0, 0.1) is 0 Å². The van der Waals surface area contributed by atoms with Gasteiger partial charge in [-0.05, 0) is 49.3 Å². The molecule has 160 valence electrons. The smallest absolute Gasteiger partial charge is 0.336 e. The van der Waals surface area contributed by atoms with Crippen molar-refractivity contribution in [2.75, 3.05) is 23.7 Å². The summed E-state index contributed by atoms with van der Waals surface area (Å²) in [5.41, 5.74) is 2.13. The van der Waals surface area contributed by atoms with Crippen molar-refractivity contribution < 1.29 is 14.3 Å². The molecule has 0 saturated heterocycles. The van der Waals surface area contributed by atoms with Gasteiger partial charge in [-0.15, -0.1) is 11.8 Å². The number of carbonyl (C=O) groups is 1. The van der Waals surface area contributed by atoms with Crippen molar-refractivity contribution in [2.45, 2.75) is 50.3 Å². The second kappa shape index (κ2) is 11.6. The normalized spacial score (nSPS) is 11.1. The van der Waals surface area contributed by atoms with Crippen LogP contribution in [0.2, 0.25) is 0 Å². The Bertz CT molecular complexity index is 908. The molecule has 0 amide bonds. The van der Waals surface area contributed by atoms with E-state index in [0.29, 0.717) is 5.56 Å². The summed E-state index contributed by atoms with van der Waals surface area (Å²) in [6.45, 7) is 4.10. The van der Waals surface area contributed by atoms with E-state index in [1.165, 1.54) is 12.8 Å². The zero-order chi connectivity index (χ0) is 21.2. The molecule has 30 heavy (non-hydrogen) atoms. The molecule has 6 heteroatoms. The molecule has 0 aliphatic rings. The van der Waals surface area contributed by atoms with Gasteiger partial charge in [-0.3, -0.25) is 0 Å². The molecule has 0 unspecified atom stereocenters. The van der Waals surface area contributed by atoms with Gasteiger partial charge >= 0.3 is 5.97 Å². The van der Waals surface area contributed by atoms with Gasteiger partial charge in [-0.1, -0.05) is 50.5 Å². The number of fused-ring (bicyclic) bond motifs is 1. The van der Waals surface area contributed by atoms with Gasteiger partial charge < -0.3 is 14.4 Å². The van der Waals surface area contributed by atoms with Gasteiger partial charge in [0.25, 0.3) is 6.01 Å².